The lowest BCUT2D eigenvalue weighted by molar-refractivity contribution is -0.138. The highest BCUT2D eigenvalue weighted by Gasteiger charge is 2.31. The first-order valence-corrected chi connectivity index (χ1v) is 13.8. The summed E-state index contributed by atoms with van der Waals surface area (Å²) in [5, 5.41) is 5.70. The third-order valence-corrected chi connectivity index (χ3v) is 8.65. The molecule has 1 saturated heterocycles. The van der Waals surface area contributed by atoms with Crippen molar-refractivity contribution < 1.29 is 4.79 Å². The normalized spacial score (nSPS) is 21.4. The Bertz CT molecular complexity index is 1430. The van der Waals surface area contributed by atoms with Gasteiger partial charge in [-0.2, -0.15) is 5.10 Å². The van der Waals surface area contributed by atoms with Crippen LogP contribution in [0.2, 0.25) is 0 Å². The highest BCUT2D eigenvalue weighted by Crippen LogP contribution is 2.41. The fourth-order valence-corrected chi connectivity index (χ4v) is 6.50. The van der Waals surface area contributed by atoms with Gasteiger partial charge in [0.1, 0.15) is 6.33 Å². The molecule has 4 aromatic rings. The van der Waals surface area contributed by atoms with Crippen molar-refractivity contribution in [3.05, 3.63) is 53.5 Å². The van der Waals surface area contributed by atoms with E-state index in [0.29, 0.717) is 17.7 Å². The Labute approximate surface area is 218 Å². The van der Waals surface area contributed by atoms with Gasteiger partial charge in [-0.3, -0.25) is 4.79 Å². The van der Waals surface area contributed by atoms with Crippen molar-refractivity contribution in [2.24, 2.45) is 5.92 Å². The molecular weight excluding hydrogens is 460 g/mol. The molecule has 3 aromatic heterocycles. The molecule has 2 fully saturated rings. The smallest absolute Gasteiger partial charge is 0.225 e. The molecule has 1 amide bonds. The van der Waals surface area contributed by atoms with E-state index in [9.17, 15) is 4.79 Å². The average molecular weight is 499 g/mol. The molecule has 1 saturated carbocycles. The van der Waals surface area contributed by atoms with Crippen molar-refractivity contribution in [1.29, 1.82) is 0 Å². The summed E-state index contributed by atoms with van der Waals surface area (Å²) < 4.78 is 1.87. The number of benzene rings is 1. The number of nitrogens with zero attached hydrogens (tertiary/aromatic N) is 5. The van der Waals surface area contributed by atoms with Crippen LogP contribution in [0.5, 0.6) is 0 Å². The van der Waals surface area contributed by atoms with Gasteiger partial charge >= 0.3 is 0 Å². The molecule has 194 valence electrons. The number of carbonyl (C=O) groups excluding carboxylic acids is 1. The first kappa shape index (κ1) is 24.2. The highest BCUT2D eigenvalue weighted by atomic mass is 16.2. The molecule has 1 aliphatic carbocycles. The van der Waals surface area contributed by atoms with Crippen LogP contribution in [0, 0.1) is 12.8 Å². The summed E-state index contributed by atoms with van der Waals surface area (Å²) in [4.78, 5) is 25.6. The van der Waals surface area contributed by atoms with E-state index in [1.165, 1.54) is 27.7 Å². The van der Waals surface area contributed by atoms with Crippen molar-refractivity contribution in [3.63, 3.8) is 0 Å². The second-order valence-corrected chi connectivity index (χ2v) is 11.5. The molecule has 1 aliphatic heterocycles. The van der Waals surface area contributed by atoms with E-state index in [0.717, 1.165) is 68.6 Å². The van der Waals surface area contributed by atoms with Gasteiger partial charge in [0.25, 0.3) is 0 Å². The molecule has 37 heavy (non-hydrogen) atoms. The van der Waals surface area contributed by atoms with Gasteiger partial charge in [0.05, 0.1) is 5.69 Å². The van der Waals surface area contributed by atoms with Crippen LogP contribution in [-0.2, 0) is 4.79 Å². The van der Waals surface area contributed by atoms with Crippen LogP contribution in [0.3, 0.4) is 0 Å². The van der Waals surface area contributed by atoms with Gasteiger partial charge in [-0.15, -0.1) is 0 Å². The number of likely N-dealkylation sites (N-methyl/N-ethyl adjacent to an activating group) is 1. The van der Waals surface area contributed by atoms with E-state index in [1.54, 1.807) is 6.33 Å². The largest absolute Gasteiger partial charge is 0.354 e. The predicted octanol–water partition coefficient (Wildman–Crippen LogP) is 5.36. The fraction of sp³-hybridized carbons (Fsp3) is 0.500. The van der Waals surface area contributed by atoms with Gasteiger partial charge in [-0.25, -0.2) is 9.50 Å². The lowest BCUT2D eigenvalue weighted by Gasteiger charge is -2.36. The van der Waals surface area contributed by atoms with Crippen molar-refractivity contribution in [1.82, 2.24) is 29.4 Å². The van der Waals surface area contributed by atoms with E-state index in [4.69, 9.17) is 0 Å². The molecule has 6 rings (SSSR count). The number of amides is 1. The maximum atomic E-state index is 13.1. The predicted molar refractivity (Wildman–Crippen MR) is 148 cm³/mol. The second kappa shape index (κ2) is 9.60. The Morgan fingerprint density at radius 2 is 1.81 bits per heavy atom. The van der Waals surface area contributed by atoms with E-state index >= 15 is 0 Å². The lowest BCUT2D eigenvalue weighted by Crippen LogP contribution is -2.49. The Kier molecular flexibility index (Phi) is 6.27. The second-order valence-electron chi connectivity index (χ2n) is 11.5. The summed E-state index contributed by atoms with van der Waals surface area (Å²) in [6.07, 6.45) is 7.87. The molecule has 1 aromatic carbocycles. The zero-order valence-electron chi connectivity index (χ0n) is 22.5. The maximum absolute atomic E-state index is 13.1. The molecule has 0 atom stereocenters. The third-order valence-electron chi connectivity index (χ3n) is 8.65. The number of hydrogen-bond acceptors (Lipinski definition) is 4. The number of aromatic nitrogens is 4. The number of aryl methyl sites for hydroxylation is 1. The van der Waals surface area contributed by atoms with Crippen LogP contribution in [0.15, 0.2) is 36.8 Å². The molecule has 1 N–H and O–H groups in total. The van der Waals surface area contributed by atoms with Crippen LogP contribution in [0.4, 0.5) is 0 Å². The van der Waals surface area contributed by atoms with Crippen LogP contribution >= 0.6 is 0 Å². The van der Waals surface area contributed by atoms with E-state index < -0.39 is 0 Å². The first-order chi connectivity index (χ1) is 17.9. The molecule has 7 nitrogen and oxygen atoms in total. The summed E-state index contributed by atoms with van der Waals surface area (Å²) in [5.74, 6) is 1.48. The summed E-state index contributed by atoms with van der Waals surface area (Å²) in [6.45, 7) is 10.4. The van der Waals surface area contributed by atoms with Crippen molar-refractivity contribution in [3.8, 4) is 11.3 Å². The number of fused-ring (bicyclic) bond motifs is 2. The molecule has 0 spiro atoms. The maximum Gasteiger partial charge on any atom is 0.225 e. The molecule has 0 bridgehead atoms. The highest BCUT2D eigenvalue weighted by molar-refractivity contribution is 5.92. The Morgan fingerprint density at radius 1 is 1.05 bits per heavy atom. The minimum Gasteiger partial charge on any atom is -0.354 e. The SMILES string of the molecule is Cc1cc(-c2[nH]c3ccc(C4CCC(C(=O)N5CCN(C)CC5)CC4)cc3c2C(C)C)cn2ncnc12. The number of pyridine rings is 1. The van der Waals surface area contributed by atoms with E-state index in [1.807, 2.05) is 4.52 Å². The number of hydrogen-bond donors (Lipinski definition) is 1. The fourth-order valence-electron chi connectivity index (χ4n) is 6.50. The molecule has 7 heteroatoms. The molecular formula is C30H38N6O. The van der Waals surface area contributed by atoms with Gasteiger partial charge in [0, 0.05) is 54.8 Å². The summed E-state index contributed by atoms with van der Waals surface area (Å²) in [6, 6.07) is 9.17. The number of piperazine rings is 1. The number of carbonyl (C=O) groups is 1. The van der Waals surface area contributed by atoms with Crippen molar-refractivity contribution >= 4 is 22.5 Å². The number of rotatable bonds is 4. The number of nitrogens with one attached hydrogen (secondary N) is 1. The summed E-state index contributed by atoms with van der Waals surface area (Å²) in [7, 11) is 2.14. The van der Waals surface area contributed by atoms with Crippen molar-refractivity contribution in [2.75, 3.05) is 33.2 Å². The topological polar surface area (TPSA) is 69.5 Å². The van der Waals surface area contributed by atoms with Crippen molar-refractivity contribution in [2.45, 2.75) is 58.3 Å². The van der Waals surface area contributed by atoms with Gasteiger partial charge in [-0.05, 0) is 86.4 Å². The van der Waals surface area contributed by atoms with Crippen LogP contribution in [0.25, 0.3) is 27.8 Å². The van der Waals surface area contributed by atoms with Crippen LogP contribution < -0.4 is 0 Å². The van der Waals surface area contributed by atoms with E-state index in [2.05, 4.69) is 83.1 Å². The van der Waals surface area contributed by atoms with Gasteiger partial charge in [0.15, 0.2) is 5.65 Å². The van der Waals surface area contributed by atoms with Crippen LogP contribution in [0.1, 0.15) is 68.1 Å². The summed E-state index contributed by atoms with van der Waals surface area (Å²) >= 11 is 0. The lowest BCUT2D eigenvalue weighted by atomic mass is 9.77. The Hall–Kier alpha value is -3.19. The Balaban J connectivity index is 1.25. The quantitative estimate of drug-likeness (QED) is 0.411. The Morgan fingerprint density at radius 3 is 2.54 bits per heavy atom. The van der Waals surface area contributed by atoms with Gasteiger partial charge in [-0.1, -0.05) is 19.9 Å². The zero-order chi connectivity index (χ0) is 25.7. The number of H-pyrrole nitrogens is 1. The first-order valence-electron chi connectivity index (χ1n) is 13.8. The minimum absolute atomic E-state index is 0.198. The van der Waals surface area contributed by atoms with E-state index in [-0.39, 0.29) is 5.92 Å². The third kappa shape index (κ3) is 4.43. The zero-order valence-corrected chi connectivity index (χ0v) is 22.5. The number of aromatic amines is 1. The average Bonchev–Trinajstić information content (AvgIpc) is 3.53. The molecule has 2 aliphatic rings. The van der Waals surface area contributed by atoms with Crippen LogP contribution in [-0.4, -0.2) is 68.5 Å². The standard InChI is InChI=1S/C30H38N6O/c1-19(2)27-25-16-23(21-5-7-22(8-6-21)30(37)35-13-11-34(4)12-14-35)9-10-26(25)33-28(27)24-15-20(3)29-31-18-32-36(29)17-24/h9-10,15-19,21-22,33H,5-8,11-14H2,1-4H3. The molecule has 0 radical (unpaired) electrons. The van der Waals surface area contributed by atoms with Gasteiger partial charge in [0.2, 0.25) is 5.91 Å². The molecule has 0 unspecified atom stereocenters. The monoisotopic (exact) mass is 498 g/mol. The minimum atomic E-state index is 0.198. The molecule has 4 heterocycles. The van der Waals surface area contributed by atoms with Gasteiger partial charge < -0.3 is 14.8 Å². The summed E-state index contributed by atoms with van der Waals surface area (Å²) in [5.41, 5.74) is 8.27.